The van der Waals surface area contributed by atoms with Crippen molar-refractivity contribution in [1.82, 2.24) is 10.7 Å². The van der Waals surface area contributed by atoms with Crippen LogP contribution in [0.2, 0.25) is 0 Å². The number of hydrogen-bond donors (Lipinski definition) is 2. The van der Waals surface area contributed by atoms with Crippen LogP contribution in [0.5, 0.6) is 0 Å². The summed E-state index contributed by atoms with van der Waals surface area (Å²) in [5, 5.41) is 7.53. The van der Waals surface area contributed by atoms with Gasteiger partial charge in [-0.1, -0.05) is 0 Å². The fourth-order valence-corrected chi connectivity index (χ4v) is 1.27. The highest BCUT2D eigenvalue weighted by atomic mass is 32.1. The van der Waals surface area contributed by atoms with Crippen LogP contribution in [0, 0.1) is 6.92 Å². The highest BCUT2D eigenvalue weighted by molar-refractivity contribution is 7.80. The number of thiocarbonyl (C=S) groups is 1. The first kappa shape index (κ1) is 13.7. The molecule has 0 aliphatic rings. The second kappa shape index (κ2) is 7.03. The molecule has 0 fully saturated rings. The molecule has 0 spiro atoms. The molecule has 0 saturated heterocycles. The summed E-state index contributed by atoms with van der Waals surface area (Å²) < 4.78 is 10.3. The molecule has 0 atom stereocenters. The largest absolute Gasteiger partial charge is 0.460 e. The molecule has 1 rings (SSSR count). The number of hydrogen-bond acceptors (Lipinski definition) is 4. The molecule has 0 aromatic carbocycles. The Morgan fingerprint density at radius 3 is 2.88 bits per heavy atom. The van der Waals surface area contributed by atoms with E-state index in [1.165, 1.54) is 0 Å². The highest BCUT2D eigenvalue weighted by Crippen LogP contribution is 2.06. The van der Waals surface area contributed by atoms with Crippen molar-refractivity contribution in [1.29, 1.82) is 0 Å². The molecule has 6 heteroatoms. The average Bonchev–Trinajstić information content (AvgIpc) is 2.73. The maximum Gasteiger partial charge on any atom is 0.187 e. The van der Waals surface area contributed by atoms with Crippen LogP contribution >= 0.6 is 12.2 Å². The van der Waals surface area contributed by atoms with Crippen molar-refractivity contribution in [3.63, 3.8) is 0 Å². The van der Waals surface area contributed by atoms with Crippen molar-refractivity contribution < 1.29 is 9.15 Å². The topological polar surface area (TPSA) is 58.8 Å². The van der Waals surface area contributed by atoms with Crippen molar-refractivity contribution in [3.05, 3.63) is 23.7 Å². The van der Waals surface area contributed by atoms with Crippen LogP contribution in [-0.4, -0.2) is 31.1 Å². The number of ether oxygens (including phenoxy) is 1. The van der Waals surface area contributed by atoms with E-state index in [0.717, 1.165) is 17.2 Å². The lowest BCUT2D eigenvalue weighted by Crippen LogP contribution is -2.34. The van der Waals surface area contributed by atoms with E-state index < -0.39 is 0 Å². The van der Waals surface area contributed by atoms with Crippen molar-refractivity contribution in [3.8, 4) is 0 Å². The zero-order chi connectivity index (χ0) is 12.7. The van der Waals surface area contributed by atoms with Gasteiger partial charge < -0.3 is 14.5 Å². The maximum absolute atomic E-state index is 5.42. The summed E-state index contributed by atoms with van der Waals surface area (Å²) in [6, 6.07) is 3.76. The molecule has 0 aliphatic carbocycles. The number of aryl methyl sites for hydroxylation is 1. The molecule has 1 aromatic heterocycles. The van der Waals surface area contributed by atoms with Gasteiger partial charge in [-0.3, -0.25) is 5.43 Å². The molecular weight excluding hydrogens is 238 g/mol. The first-order valence-electron chi connectivity index (χ1n) is 5.27. The Balaban J connectivity index is 2.40. The van der Waals surface area contributed by atoms with Gasteiger partial charge in [0.1, 0.15) is 17.2 Å². The summed E-state index contributed by atoms with van der Waals surface area (Å²) in [5.74, 6) is 1.59. The van der Waals surface area contributed by atoms with Gasteiger partial charge in [-0.15, -0.1) is 0 Å². The number of rotatable bonds is 5. The third kappa shape index (κ3) is 4.97. The SMILES string of the molecule is COCCNC(=S)N/N=C(\C)c1ccc(C)o1. The Hall–Kier alpha value is -1.40. The lowest BCUT2D eigenvalue weighted by Gasteiger charge is -2.06. The summed E-state index contributed by atoms with van der Waals surface area (Å²) >= 11 is 5.03. The zero-order valence-corrected chi connectivity index (χ0v) is 11.1. The Morgan fingerprint density at radius 1 is 1.53 bits per heavy atom. The van der Waals surface area contributed by atoms with Gasteiger partial charge in [-0.05, 0) is 38.2 Å². The minimum atomic E-state index is 0.463. The third-order valence-corrected chi connectivity index (χ3v) is 2.25. The summed E-state index contributed by atoms with van der Waals surface area (Å²) in [6.45, 7) is 4.99. The van der Waals surface area contributed by atoms with Gasteiger partial charge in [0.15, 0.2) is 5.11 Å². The second-order valence-electron chi connectivity index (χ2n) is 3.47. The van der Waals surface area contributed by atoms with E-state index in [9.17, 15) is 0 Å². The monoisotopic (exact) mass is 255 g/mol. The smallest absolute Gasteiger partial charge is 0.187 e. The molecule has 0 unspecified atom stereocenters. The van der Waals surface area contributed by atoms with Crippen molar-refractivity contribution in [2.24, 2.45) is 5.10 Å². The first-order chi connectivity index (χ1) is 8.13. The molecule has 1 heterocycles. The zero-order valence-electron chi connectivity index (χ0n) is 10.2. The van der Waals surface area contributed by atoms with Gasteiger partial charge >= 0.3 is 0 Å². The van der Waals surface area contributed by atoms with Crippen molar-refractivity contribution >= 4 is 23.0 Å². The van der Waals surface area contributed by atoms with Gasteiger partial charge in [-0.2, -0.15) is 5.10 Å². The van der Waals surface area contributed by atoms with Crippen LogP contribution in [0.1, 0.15) is 18.4 Å². The molecule has 0 bridgehead atoms. The molecule has 0 saturated carbocycles. The predicted molar refractivity (Wildman–Crippen MR) is 71.3 cm³/mol. The Morgan fingerprint density at radius 2 is 2.29 bits per heavy atom. The first-order valence-corrected chi connectivity index (χ1v) is 5.68. The fraction of sp³-hybridized carbons (Fsp3) is 0.455. The molecule has 1 aromatic rings. The van der Waals surface area contributed by atoms with Crippen LogP contribution < -0.4 is 10.7 Å². The fourth-order valence-electron chi connectivity index (χ4n) is 1.12. The number of nitrogens with one attached hydrogen (secondary N) is 2. The predicted octanol–water partition coefficient (Wildman–Crippen LogP) is 1.42. The van der Waals surface area contributed by atoms with Crippen LogP contribution in [0.25, 0.3) is 0 Å². The maximum atomic E-state index is 5.42. The van der Waals surface area contributed by atoms with E-state index in [1.54, 1.807) is 7.11 Å². The molecule has 94 valence electrons. The van der Waals surface area contributed by atoms with Crippen molar-refractivity contribution in [2.75, 3.05) is 20.3 Å². The molecule has 2 N–H and O–H groups in total. The Bertz CT molecular complexity index is 401. The average molecular weight is 255 g/mol. The van der Waals surface area contributed by atoms with Crippen LogP contribution in [0.15, 0.2) is 21.7 Å². The second-order valence-corrected chi connectivity index (χ2v) is 3.88. The lowest BCUT2D eigenvalue weighted by molar-refractivity contribution is 0.204. The molecule has 0 aliphatic heterocycles. The van der Waals surface area contributed by atoms with Crippen LogP contribution in [-0.2, 0) is 4.74 Å². The molecule has 0 amide bonds. The van der Waals surface area contributed by atoms with Crippen molar-refractivity contribution in [2.45, 2.75) is 13.8 Å². The third-order valence-electron chi connectivity index (χ3n) is 2.01. The number of hydrazone groups is 1. The van der Waals surface area contributed by atoms with Gasteiger partial charge in [0, 0.05) is 13.7 Å². The van der Waals surface area contributed by atoms with E-state index in [4.69, 9.17) is 21.4 Å². The van der Waals surface area contributed by atoms with Gasteiger partial charge in [-0.25, -0.2) is 0 Å². The molecular formula is C11H17N3O2S. The quantitative estimate of drug-likeness (QED) is 0.361. The minimum Gasteiger partial charge on any atom is -0.460 e. The summed E-state index contributed by atoms with van der Waals surface area (Å²) in [6.07, 6.45) is 0. The number of nitrogens with zero attached hydrogens (tertiary/aromatic N) is 1. The van der Waals surface area contributed by atoms with E-state index in [2.05, 4.69) is 15.8 Å². The van der Waals surface area contributed by atoms with E-state index in [1.807, 2.05) is 26.0 Å². The molecule has 5 nitrogen and oxygen atoms in total. The molecule has 17 heavy (non-hydrogen) atoms. The minimum absolute atomic E-state index is 0.463. The summed E-state index contributed by atoms with van der Waals surface area (Å²) in [5.41, 5.74) is 3.49. The summed E-state index contributed by atoms with van der Waals surface area (Å²) in [4.78, 5) is 0. The number of methoxy groups -OCH3 is 1. The van der Waals surface area contributed by atoms with E-state index in [0.29, 0.717) is 18.3 Å². The number of furan rings is 1. The normalized spacial score (nSPS) is 11.4. The Kier molecular flexibility index (Phi) is 5.65. The summed E-state index contributed by atoms with van der Waals surface area (Å²) in [7, 11) is 1.64. The highest BCUT2D eigenvalue weighted by Gasteiger charge is 2.02. The standard InChI is InChI=1S/C11H17N3O2S/c1-8-4-5-10(16-8)9(2)13-14-11(17)12-6-7-15-3/h4-5H,6-7H2,1-3H3,(H2,12,14,17)/b13-9+. The van der Waals surface area contributed by atoms with Crippen LogP contribution in [0.4, 0.5) is 0 Å². The van der Waals surface area contributed by atoms with Gasteiger partial charge in [0.25, 0.3) is 0 Å². The van der Waals surface area contributed by atoms with Gasteiger partial charge in [0.2, 0.25) is 0 Å². The molecule has 0 radical (unpaired) electrons. The van der Waals surface area contributed by atoms with E-state index >= 15 is 0 Å². The Labute approximate surface area is 106 Å². The van der Waals surface area contributed by atoms with Crippen LogP contribution in [0.3, 0.4) is 0 Å². The van der Waals surface area contributed by atoms with E-state index in [-0.39, 0.29) is 0 Å². The lowest BCUT2D eigenvalue weighted by atomic mass is 10.3. The van der Waals surface area contributed by atoms with Gasteiger partial charge in [0.05, 0.1) is 6.61 Å².